The van der Waals surface area contributed by atoms with Crippen molar-refractivity contribution in [2.75, 3.05) is 29.7 Å². The van der Waals surface area contributed by atoms with Gasteiger partial charge in [-0.15, -0.1) is 12.4 Å². The molecule has 2 aromatic heterocycles. The minimum atomic E-state index is -3.85. The van der Waals surface area contributed by atoms with Crippen LogP contribution in [-0.4, -0.2) is 42.1 Å². The van der Waals surface area contributed by atoms with Gasteiger partial charge in [-0.1, -0.05) is 18.2 Å². The maximum atomic E-state index is 11.9. The molecule has 4 N–H and O–H groups in total. The molecule has 0 saturated carbocycles. The Labute approximate surface area is 244 Å². The van der Waals surface area contributed by atoms with E-state index < -0.39 is 10.0 Å². The van der Waals surface area contributed by atoms with E-state index in [1.54, 1.807) is 38.4 Å². The van der Waals surface area contributed by atoms with Crippen LogP contribution in [0.1, 0.15) is 11.1 Å². The second-order valence-corrected chi connectivity index (χ2v) is 10.8. The van der Waals surface area contributed by atoms with E-state index in [-0.39, 0.29) is 17.3 Å². The van der Waals surface area contributed by atoms with Crippen LogP contribution in [0.2, 0.25) is 0 Å². The molecule has 3 aromatic carbocycles. The molecular formula is C28H31ClN8O3S. The number of hydrogen-bond acceptors (Lipinski definition) is 9. The van der Waals surface area contributed by atoms with Crippen molar-refractivity contribution in [2.45, 2.75) is 18.4 Å². The third kappa shape index (κ3) is 6.51. The molecule has 2 heterocycles. The van der Waals surface area contributed by atoms with E-state index in [0.29, 0.717) is 29.6 Å². The van der Waals surface area contributed by atoms with E-state index >= 15 is 0 Å². The number of primary sulfonamides is 1. The van der Waals surface area contributed by atoms with E-state index in [9.17, 15) is 8.42 Å². The number of methoxy groups -OCH3 is 1. The van der Waals surface area contributed by atoms with Gasteiger partial charge in [0.1, 0.15) is 11.6 Å². The van der Waals surface area contributed by atoms with Crippen LogP contribution in [0.3, 0.4) is 0 Å². The lowest BCUT2D eigenvalue weighted by Gasteiger charge is -2.19. The van der Waals surface area contributed by atoms with E-state index in [1.165, 1.54) is 6.07 Å². The number of sulfonamides is 1. The van der Waals surface area contributed by atoms with Gasteiger partial charge < -0.3 is 24.8 Å². The molecule has 11 nitrogen and oxygen atoms in total. The van der Waals surface area contributed by atoms with Crippen LogP contribution >= 0.6 is 12.4 Å². The second-order valence-electron chi connectivity index (χ2n) is 9.32. The van der Waals surface area contributed by atoms with Crippen LogP contribution in [0.15, 0.2) is 77.8 Å². The lowest BCUT2D eigenvalue weighted by atomic mass is 10.2. The van der Waals surface area contributed by atoms with Crippen molar-refractivity contribution in [1.29, 1.82) is 0 Å². The fourth-order valence-electron chi connectivity index (χ4n) is 4.32. The number of fused-ring (bicyclic) bond motifs is 1. The van der Waals surface area contributed by atoms with E-state index in [1.807, 2.05) is 66.0 Å². The van der Waals surface area contributed by atoms with Gasteiger partial charge in [-0.3, -0.25) is 0 Å². The van der Waals surface area contributed by atoms with Crippen LogP contribution in [0.4, 0.5) is 29.1 Å². The van der Waals surface area contributed by atoms with Crippen molar-refractivity contribution in [1.82, 2.24) is 19.5 Å². The summed E-state index contributed by atoms with van der Waals surface area (Å²) in [7, 11) is 1.68. The third-order valence-corrected chi connectivity index (χ3v) is 7.65. The number of benzene rings is 3. The predicted molar refractivity (Wildman–Crippen MR) is 164 cm³/mol. The van der Waals surface area contributed by atoms with Gasteiger partial charge in [-0.05, 0) is 66.6 Å². The highest BCUT2D eigenvalue weighted by Crippen LogP contribution is 2.28. The first-order valence-corrected chi connectivity index (χ1v) is 14.0. The number of nitrogens with zero attached hydrogens (tertiary/aromatic N) is 5. The summed E-state index contributed by atoms with van der Waals surface area (Å²) >= 11 is 0. The van der Waals surface area contributed by atoms with E-state index in [0.717, 1.165) is 34.0 Å². The standard InChI is InChI=1S/C28H30N8O3S.ClH/c1-18-5-8-20(15-25(18)40(29,37)38)32-27-30-14-13-26(34-27)35(2)21-9-12-24-23(16-21)33-28(36(24)3)31-17-19-6-10-22(39-4)11-7-19;/h5-16H,17H2,1-4H3,(H,31,33)(H2,29,37,38)(H,30,32,34);1H. The average molecular weight is 595 g/mol. The Morgan fingerprint density at radius 3 is 2.49 bits per heavy atom. The molecular weight excluding hydrogens is 564 g/mol. The zero-order valence-electron chi connectivity index (χ0n) is 23.0. The van der Waals surface area contributed by atoms with Crippen molar-refractivity contribution >= 4 is 62.6 Å². The molecule has 0 atom stereocenters. The highest BCUT2D eigenvalue weighted by molar-refractivity contribution is 7.89. The summed E-state index contributed by atoms with van der Waals surface area (Å²) in [5.41, 5.74) is 4.92. The van der Waals surface area contributed by atoms with E-state index in [4.69, 9.17) is 14.9 Å². The molecule has 0 aliphatic heterocycles. The Morgan fingerprint density at radius 2 is 1.78 bits per heavy atom. The van der Waals surface area contributed by atoms with Crippen molar-refractivity contribution in [3.8, 4) is 5.75 Å². The van der Waals surface area contributed by atoms with Gasteiger partial charge in [0.2, 0.25) is 21.9 Å². The van der Waals surface area contributed by atoms with Gasteiger partial charge in [-0.25, -0.2) is 23.5 Å². The number of nitrogens with two attached hydrogens (primary N) is 1. The number of anilines is 5. The second kappa shape index (κ2) is 12.0. The fourth-order valence-corrected chi connectivity index (χ4v) is 5.13. The van der Waals surface area contributed by atoms with Gasteiger partial charge in [0.15, 0.2) is 0 Å². The lowest BCUT2D eigenvalue weighted by molar-refractivity contribution is 0.414. The molecule has 13 heteroatoms. The third-order valence-electron chi connectivity index (χ3n) is 6.60. The molecule has 0 aliphatic rings. The van der Waals surface area contributed by atoms with Crippen molar-refractivity contribution < 1.29 is 13.2 Å². The molecule has 5 aromatic rings. The number of hydrogen-bond donors (Lipinski definition) is 3. The fraction of sp³-hybridized carbons (Fsp3) is 0.179. The summed E-state index contributed by atoms with van der Waals surface area (Å²) in [5.74, 6) is 2.54. The van der Waals surface area contributed by atoms with Crippen LogP contribution in [0.25, 0.3) is 11.0 Å². The monoisotopic (exact) mass is 594 g/mol. The number of imidazole rings is 1. The van der Waals surface area contributed by atoms with Crippen LogP contribution in [-0.2, 0) is 23.6 Å². The molecule has 0 amide bonds. The molecule has 0 unspecified atom stereocenters. The molecule has 0 fully saturated rings. The zero-order valence-corrected chi connectivity index (χ0v) is 24.6. The Kier molecular flexibility index (Phi) is 8.66. The van der Waals surface area contributed by atoms with Gasteiger partial charge in [0, 0.05) is 38.2 Å². The maximum Gasteiger partial charge on any atom is 0.238 e. The van der Waals surface area contributed by atoms with E-state index in [2.05, 4.69) is 20.6 Å². The zero-order chi connectivity index (χ0) is 28.4. The van der Waals surface area contributed by atoms with Crippen LogP contribution < -0.4 is 25.4 Å². The molecule has 41 heavy (non-hydrogen) atoms. The quantitative estimate of drug-likeness (QED) is 0.218. The molecule has 0 bridgehead atoms. The molecule has 0 saturated heterocycles. The topological polar surface area (TPSA) is 140 Å². The molecule has 0 radical (unpaired) electrons. The number of ether oxygens (including phenoxy) is 1. The minimum Gasteiger partial charge on any atom is -0.497 e. The summed E-state index contributed by atoms with van der Waals surface area (Å²) in [6.07, 6.45) is 1.64. The average Bonchev–Trinajstić information content (AvgIpc) is 3.26. The first-order chi connectivity index (χ1) is 19.1. The Hall–Kier alpha value is -4.39. The smallest absolute Gasteiger partial charge is 0.238 e. The summed E-state index contributed by atoms with van der Waals surface area (Å²) in [4.78, 5) is 15.7. The van der Waals surface area contributed by atoms with Crippen molar-refractivity contribution in [2.24, 2.45) is 12.2 Å². The minimum absolute atomic E-state index is 0. The van der Waals surface area contributed by atoms with Crippen LogP contribution in [0.5, 0.6) is 5.75 Å². The van der Waals surface area contributed by atoms with Crippen LogP contribution in [0, 0.1) is 6.92 Å². The summed E-state index contributed by atoms with van der Waals surface area (Å²) in [6, 6.07) is 20.6. The SMILES string of the molecule is COc1ccc(CNc2nc3cc(N(C)c4ccnc(Nc5ccc(C)c(S(N)(=O)=O)c5)n4)ccc3n2C)cc1.Cl. The van der Waals surface area contributed by atoms with Gasteiger partial charge in [0.05, 0.1) is 23.0 Å². The number of halogens is 1. The largest absolute Gasteiger partial charge is 0.497 e. The summed E-state index contributed by atoms with van der Waals surface area (Å²) in [6.45, 7) is 2.32. The van der Waals surface area contributed by atoms with Crippen molar-refractivity contribution in [3.05, 3.63) is 84.1 Å². The van der Waals surface area contributed by atoms with Gasteiger partial charge in [-0.2, -0.15) is 4.98 Å². The highest BCUT2D eigenvalue weighted by atomic mass is 35.5. The Morgan fingerprint density at radius 1 is 1.02 bits per heavy atom. The Balaban J connectivity index is 0.00000387. The highest BCUT2D eigenvalue weighted by Gasteiger charge is 2.15. The number of aryl methyl sites for hydroxylation is 2. The van der Waals surface area contributed by atoms with Crippen molar-refractivity contribution in [3.63, 3.8) is 0 Å². The molecule has 214 valence electrons. The molecule has 0 spiro atoms. The number of aromatic nitrogens is 4. The first-order valence-electron chi connectivity index (χ1n) is 12.4. The predicted octanol–water partition coefficient (Wildman–Crippen LogP) is 4.87. The maximum absolute atomic E-state index is 11.9. The first kappa shape index (κ1) is 29.6. The molecule has 5 rings (SSSR count). The molecule has 0 aliphatic carbocycles. The summed E-state index contributed by atoms with van der Waals surface area (Å²) in [5, 5.41) is 11.8. The number of nitrogens with one attached hydrogen (secondary N) is 2. The van der Waals surface area contributed by atoms with Gasteiger partial charge >= 0.3 is 0 Å². The summed E-state index contributed by atoms with van der Waals surface area (Å²) < 4.78 is 31.0. The normalized spacial score (nSPS) is 11.1. The Bertz CT molecular complexity index is 1790. The lowest BCUT2D eigenvalue weighted by Crippen LogP contribution is -2.14. The van der Waals surface area contributed by atoms with Gasteiger partial charge in [0.25, 0.3) is 0 Å². The number of rotatable bonds is 9.